The number of carboxylic acid groups (broad SMARTS) is 1. The van der Waals surface area contributed by atoms with E-state index in [9.17, 15) is 19.5 Å². The Balaban J connectivity index is 1.23. The molecule has 0 radical (unpaired) electrons. The Morgan fingerprint density at radius 1 is 0.854 bits per heavy atom. The Morgan fingerprint density at radius 3 is 1.98 bits per heavy atom. The Labute approximate surface area is 284 Å². The summed E-state index contributed by atoms with van der Waals surface area (Å²) < 4.78 is 17.9. The first-order valence-corrected chi connectivity index (χ1v) is 19.4. The molecule has 2 aliphatic rings. The van der Waals surface area contributed by atoms with E-state index in [1.54, 1.807) is 4.90 Å². The molecule has 1 fully saturated rings. The van der Waals surface area contributed by atoms with Gasteiger partial charge in [-0.15, -0.1) is 0 Å². The zero-order chi connectivity index (χ0) is 34.5. The lowest BCUT2D eigenvalue weighted by Crippen LogP contribution is -2.60. The van der Waals surface area contributed by atoms with Crippen molar-refractivity contribution < 1.29 is 33.4 Å². The number of amides is 2. The molecule has 1 aliphatic heterocycles. The summed E-state index contributed by atoms with van der Waals surface area (Å²) in [4.78, 5) is 42.5. The minimum absolute atomic E-state index is 0.0717. The lowest BCUT2D eigenvalue weighted by molar-refractivity contribution is -0.142. The van der Waals surface area contributed by atoms with E-state index >= 15 is 0 Å². The number of hydrogen-bond donors (Lipinski definition) is 2. The molecular formula is C37H47N3O7Si. The van der Waals surface area contributed by atoms with Gasteiger partial charge < -0.3 is 29.2 Å². The third-order valence-corrected chi connectivity index (χ3v) is 14.3. The molecule has 11 heteroatoms. The van der Waals surface area contributed by atoms with Crippen LogP contribution in [0.1, 0.15) is 43.4 Å². The number of hydrogen-bond acceptors (Lipinski definition) is 7. The second-order valence-electron chi connectivity index (χ2n) is 14.0. The van der Waals surface area contributed by atoms with Crippen molar-refractivity contribution in [3.63, 3.8) is 0 Å². The quantitative estimate of drug-likeness (QED) is 0.227. The van der Waals surface area contributed by atoms with Crippen LogP contribution in [0.3, 0.4) is 0 Å². The fraction of sp³-hybridized carbons (Fsp3) is 0.432. The molecule has 2 atom stereocenters. The van der Waals surface area contributed by atoms with Crippen molar-refractivity contribution in [2.75, 3.05) is 39.3 Å². The zero-order valence-electron chi connectivity index (χ0n) is 28.5. The molecule has 2 N–H and O–H groups in total. The summed E-state index contributed by atoms with van der Waals surface area (Å²) in [6.45, 7) is 12.8. The van der Waals surface area contributed by atoms with E-state index in [1.807, 2.05) is 66.7 Å². The van der Waals surface area contributed by atoms with Gasteiger partial charge in [0.25, 0.3) is 0 Å². The summed E-state index contributed by atoms with van der Waals surface area (Å²) in [6.07, 6.45) is -2.03. The number of carboxylic acids is 1. The maximum atomic E-state index is 13.3. The number of carbonyl (C=O) groups excluding carboxylic acids is 2. The molecule has 0 bridgehead atoms. The number of benzene rings is 3. The molecule has 1 aliphatic carbocycles. The zero-order valence-corrected chi connectivity index (χ0v) is 29.5. The predicted molar refractivity (Wildman–Crippen MR) is 186 cm³/mol. The third-order valence-electron chi connectivity index (χ3n) is 9.78. The van der Waals surface area contributed by atoms with Gasteiger partial charge in [-0.05, 0) is 45.9 Å². The average Bonchev–Trinajstić information content (AvgIpc) is 3.38. The van der Waals surface area contributed by atoms with Gasteiger partial charge in [0.1, 0.15) is 13.2 Å². The Morgan fingerprint density at radius 2 is 1.42 bits per heavy atom. The topological polar surface area (TPSA) is 118 Å². The minimum atomic E-state index is -2.47. The van der Waals surface area contributed by atoms with Crippen molar-refractivity contribution in [2.24, 2.45) is 0 Å². The smallest absolute Gasteiger partial charge is 0.410 e. The first-order chi connectivity index (χ1) is 22.8. The summed E-state index contributed by atoms with van der Waals surface area (Å²) >= 11 is 0. The van der Waals surface area contributed by atoms with Crippen molar-refractivity contribution in [3.8, 4) is 11.1 Å². The lowest BCUT2D eigenvalue weighted by atomic mass is 9.98. The molecule has 0 saturated carbocycles. The fourth-order valence-electron chi connectivity index (χ4n) is 6.02. The molecular weight excluding hydrogens is 627 g/mol. The molecule has 256 valence electrons. The van der Waals surface area contributed by atoms with Gasteiger partial charge in [-0.1, -0.05) is 99.6 Å². The first-order valence-electron chi connectivity index (χ1n) is 16.5. The van der Waals surface area contributed by atoms with Crippen LogP contribution < -0.4 is 5.32 Å². The van der Waals surface area contributed by atoms with Gasteiger partial charge >= 0.3 is 18.2 Å². The second kappa shape index (κ2) is 14.9. The molecule has 2 amide bonds. The largest absolute Gasteiger partial charge is 0.480 e. The van der Waals surface area contributed by atoms with Crippen molar-refractivity contribution in [3.05, 3.63) is 95.6 Å². The van der Waals surface area contributed by atoms with E-state index in [0.29, 0.717) is 26.2 Å². The highest BCUT2D eigenvalue weighted by atomic mass is 28.4. The summed E-state index contributed by atoms with van der Waals surface area (Å²) in [5, 5.41) is 12.8. The van der Waals surface area contributed by atoms with E-state index in [2.05, 4.69) is 56.2 Å². The van der Waals surface area contributed by atoms with Gasteiger partial charge in [-0.2, -0.15) is 0 Å². The van der Waals surface area contributed by atoms with Crippen LogP contribution in [0.25, 0.3) is 11.1 Å². The molecule has 1 saturated heterocycles. The number of piperazine rings is 1. The highest BCUT2D eigenvalue weighted by Gasteiger charge is 2.44. The van der Waals surface area contributed by atoms with Crippen LogP contribution in [-0.2, 0) is 25.3 Å². The molecule has 5 rings (SSSR count). The molecule has 48 heavy (non-hydrogen) atoms. The number of nitrogens with one attached hydrogen (secondary N) is 1. The van der Waals surface area contributed by atoms with Gasteiger partial charge in [0, 0.05) is 38.6 Å². The number of ether oxygens (including phenoxy) is 2. The molecule has 10 nitrogen and oxygen atoms in total. The van der Waals surface area contributed by atoms with Crippen LogP contribution >= 0.6 is 0 Å². The van der Waals surface area contributed by atoms with Crippen LogP contribution in [0, 0.1) is 0 Å². The number of rotatable bonds is 11. The van der Waals surface area contributed by atoms with Crippen LogP contribution in [0.5, 0.6) is 0 Å². The normalized spacial score (nSPS) is 16.4. The van der Waals surface area contributed by atoms with Crippen LogP contribution in [0.4, 0.5) is 9.59 Å². The lowest BCUT2D eigenvalue weighted by Gasteiger charge is -2.43. The van der Waals surface area contributed by atoms with Gasteiger partial charge in [-0.3, -0.25) is 4.90 Å². The molecule has 0 aromatic heterocycles. The summed E-state index contributed by atoms with van der Waals surface area (Å²) in [6, 6.07) is 24.3. The highest BCUT2D eigenvalue weighted by molar-refractivity contribution is 6.74. The molecule has 3 aromatic carbocycles. The summed E-state index contributed by atoms with van der Waals surface area (Å²) in [7, 11) is -2.47. The van der Waals surface area contributed by atoms with E-state index in [1.165, 1.54) is 0 Å². The predicted octanol–water partition coefficient (Wildman–Crippen LogP) is 6.32. The monoisotopic (exact) mass is 673 g/mol. The highest BCUT2D eigenvalue weighted by Crippen LogP contribution is 2.44. The summed E-state index contributed by atoms with van der Waals surface area (Å²) in [5.41, 5.74) is 5.28. The van der Waals surface area contributed by atoms with Crippen molar-refractivity contribution >= 4 is 26.5 Å². The second-order valence-corrected chi connectivity index (χ2v) is 18.8. The van der Waals surface area contributed by atoms with Crippen LogP contribution in [-0.4, -0.2) is 92.9 Å². The van der Waals surface area contributed by atoms with E-state index in [4.69, 9.17) is 13.9 Å². The number of aliphatic carboxylic acids is 1. The van der Waals surface area contributed by atoms with Crippen LogP contribution in [0.15, 0.2) is 78.9 Å². The number of carbonyl (C=O) groups is 3. The third kappa shape index (κ3) is 8.26. The Kier molecular flexibility index (Phi) is 10.9. The standard InChI is InChI=1S/C37H47N3O7Si/c1-37(2,3)48(4,5)47-32(23-39-19-21-40(22-20-39)36(44)46-24-26-13-7-6-8-14-26)33(34(41)42)38-35(43)45-25-31-29-17-11-9-15-27(29)28-16-10-12-18-30(28)31/h6-18,31-33H,19-25H2,1-5H3,(H,38,43)(H,41,42). The van der Waals surface area contributed by atoms with Crippen molar-refractivity contribution in [2.45, 2.75) is 63.6 Å². The van der Waals surface area contributed by atoms with Crippen molar-refractivity contribution in [1.82, 2.24) is 15.1 Å². The Hall–Kier alpha value is -4.19. The van der Waals surface area contributed by atoms with Crippen LogP contribution in [0.2, 0.25) is 18.1 Å². The van der Waals surface area contributed by atoms with E-state index in [0.717, 1.165) is 27.8 Å². The maximum absolute atomic E-state index is 13.3. The SMILES string of the molecule is CC(C)(C)[Si](C)(C)OC(CN1CCN(C(=O)OCc2ccccc2)CC1)C(NC(=O)OCC1c2ccccc2-c2ccccc21)C(=O)O. The molecule has 0 spiro atoms. The van der Waals surface area contributed by atoms with Gasteiger partial charge in [-0.25, -0.2) is 14.4 Å². The molecule has 2 unspecified atom stereocenters. The van der Waals surface area contributed by atoms with E-state index < -0.39 is 32.5 Å². The number of alkyl carbamates (subject to hydrolysis) is 1. The Bertz CT molecular complexity index is 1540. The molecule has 1 heterocycles. The van der Waals surface area contributed by atoms with Gasteiger partial charge in [0.2, 0.25) is 0 Å². The fourth-order valence-corrected chi connectivity index (χ4v) is 7.35. The number of fused-ring (bicyclic) bond motifs is 3. The van der Waals surface area contributed by atoms with Crippen molar-refractivity contribution in [1.29, 1.82) is 0 Å². The number of nitrogens with zero attached hydrogens (tertiary/aromatic N) is 2. The minimum Gasteiger partial charge on any atom is -0.480 e. The van der Waals surface area contributed by atoms with Gasteiger partial charge in [0.15, 0.2) is 14.4 Å². The maximum Gasteiger partial charge on any atom is 0.410 e. The average molecular weight is 674 g/mol. The first kappa shape index (κ1) is 35.1. The van der Waals surface area contributed by atoms with E-state index in [-0.39, 0.29) is 36.8 Å². The summed E-state index contributed by atoms with van der Waals surface area (Å²) in [5.74, 6) is -1.35. The van der Waals surface area contributed by atoms with Gasteiger partial charge in [0.05, 0.1) is 6.10 Å². The molecule has 3 aromatic rings.